The minimum Gasteiger partial charge on any atom is -0.505 e. The van der Waals surface area contributed by atoms with Crippen molar-refractivity contribution in [2.45, 2.75) is 20.0 Å². The summed E-state index contributed by atoms with van der Waals surface area (Å²) in [5.74, 6) is -0.545. The number of ether oxygens (including phenoxy) is 1. The number of phenolic OH excluding ortho intramolecular Hbond substituents is 1. The van der Waals surface area contributed by atoms with Gasteiger partial charge in [-0.3, -0.25) is 4.79 Å². The molecule has 17 heavy (non-hydrogen) atoms. The molecule has 0 fully saturated rings. The number of nitrogens with one attached hydrogen (secondary N) is 1. The molecule has 0 aliphatic carbocycles. The van der Waals surface area contributed by atoms with E-state index >= 15 is 0 Å². The average molecular weight is 238 g/mol. The highest BCUT2D eigenvalue weighted by Gasteiger charge is 2.12. The highest BCUT2D eigenvalue weighted by Crippen LogP contribution is 2.23. The molecule has 1 rings (SSSR count). The predicted molar refractivity (Wildman–Crippen MR) is 65.9 cm³/mol. The molecule has 5 nitrogen and oxygen atoms in total. The Morgan fingerprint density at radius 1 is 1.53 bits per heavy atom. The number of amides is 1. The normalized spacial score (nSPS) is 10.5. The molecule has 0 aromatic heterocycles. The first kappa shape index (κ1) is 13.3. The maximum atomic E-state index is 11.7. The van der Waals surface area contributed by atoms with E-state index in [-0.39, 0.29) is 29.0 Å². The van der Waals surface area contributed by atoms with Crippen molar-refractivity contribution in [3.63, 3.8) is 0 Å². The Labute approximate surface area is 101 Å². The van der Waals surface area contributed by atoms with Crippen LogP contribution in [0.15, 0.2) is 18.2 Å². The number of carbonyl (C=O) groups excluding carboxylic acids is 1. The first-order valence-corrected chi connectivity index (χ1v) is 5.49. The third-order valence-electron chi connectivity index (χ3n) is 2.15. The lowest BCUT2D eigenvalue weighted by atomic mass is 10.1. The second kappa shape index (κ2) is 6.10. The van der Waals surface area contributed by atoms with Crippen LogP contribution in [0.4, 0.5) is 5.69 Å². The number of para-hydroxylation sites is 1. The quantitative estimate of drug-likeness (QED) is 0.408. The van der Waals surface area contributed by atoms with Gasteiger partial charge in [-0.05, 0) is 26.0 Å². The van der Waals surface area contributed by atoms with Crippen LogP contribution in [0.3, 0.4) is 0 Å². The van der Waals surface area contributed by atoms with E-state index in [4.69, 9.17) is 10.5 Å². The second-order valence-electron chi connectivity index (χ2n) is 3.92. The van der Waals surface area contributed by atoms with Gasteiger partial charge < -0.3 is 20.9 Å². The number of carbonyl (C=O) groups is 1. The fourth-order valence-electron chi connectivity index (χ4n) is 1.30. The van der Waals surface area contributed by atoms with E-state index < -0.39 is 0 Å². The summed E-state index contributed by atoms with van der Waals surface area (Å²) in [7, 11) is 0. The van der Waals surface area contributed by atoms with Crippen molar-refractivity contribution in [2.24, 2.45) is 0 Å². The molecule has 0 spiro atoms. The lowest BCUT2D eigenvalue weighted by molar-refractivity contribution is 0.0745. The molecule has 0 atom stereocenters. The first-order chi connectivity index (χ1) is 8.02. The van der Waals surface area contributed by atoms with Gasteiger partial charge in [0.25, 0.3) is 5.91 Å². The van der Waals surface area contributed by atoms with Gasteiger partial charge in [0.15, 0.2) is 5.75 Å². The number of rotatable bonds is 5. The highest BCUT2D eigenvalue weighted by molar-refractivity contribution is 5.98. The summed E-state index contributed by atoms with van der Waals surface area (Å²) in [6.45, 7) is 4.68. The first-order valence-electron chi connectivity index (χ1n) is 5.49. The fourth-order valence-corrected chi connectivity index (χ4v) is 1.30. The Balaban J connectivity index is 2.50. The molecule has 0 radical (unpaired) electrons. The topological polar surface area (TPSA) is 84.6 Å². The monoisotopic (exact) mass is 238 g/mol. The number of nitrogens with two attached hydrogens (primary N) is 1. The standard InChI is InChI=1S/C12H18N2O3/c1-8(2)17-7-6-14-12(16)9-4-3-5-10(13)11(9)15/h3-5,8,15H,6-7,13H2,1-2H3,(H,14,16). The molecule has 0 unspecified atom stereocenters. The molecule has 1 aromatic carbocycles. The molecular weight excluding hydrogens is 220 g/mol. The molecule has 1 amide bonds. The van der Waals surface area contributed by atoms with Gasteiger partial charge in [-0.2, -0.15) is 0 Å². The van der Waals surface area contributed by atoms with Crippen LogP contribution in [-0.2, 0) is 4.74 Å². The summed E-state index contributed by atoms with van der Waals surface area (Å²) >= 11 is 0. The Morgan fingerprint density at radius 3 is 2.88 bits per heavy atom. The van der Waals surface area contributed by atoms with Crippen molar-refractivity contribution < 1.29 is 14.6 Å². The van der Waals surface area contributed by atoms with Crippen LogP contribution in [0.2, 0.25) is 0 Å². The molecule has 4 N–H and O–H groups in total. The number of benzene rings is 1. The number of nitrogen functional groups attached to an aromatic ring is 1. The van der Waals surface area contributed by atoms with Crippen LogP contribution < -0.4 is 11.1 Å². The van der Waals surface area contributed by atoms with Crippen LogP contribution >= 0.6 is 0 Å². The van der Waals surface area contributed by atoms with Crippen molar-refractivity contribution in [1.29, 1.82) is 0 Å². The molecule has 0 saturated heterocycles. The van der Waals surface area contributed by atoms with Crippen molar-refractivity contribution in [2.75, 3.05) is 18.9 Å². The van der Waals surface area contributed by atoms with E-state index in [0.717, 1.165) is 0 Å². The van der Waals surface area contributed by atoms with E-state index in [1.807, 2.05) is 13.8 Å². The van der Waals surface area contributed by atoms with Crippen molar-refractivity contribution in [3.8, 4) is 5.75 Å². The summed E-state index contributed by atoms with van der Waals surface area (Å²) in [5, 5.41) is 12.2. The van der Waals surface area contributed by atoms with E-state index in [1.165, 1.54) is 12.1 Å². The number of hydrogen-bond acceptors (Lipinski definition) is 4. The molecular formula is C12H18N2O3. The zero-order valence-corrected chi connectivity index (χ0v) is 10.1. The lowest BCUT2D eigenvalue weighted by Gasteiger charge is -2.10. The molecule has 94 valence electrons. The van der Waals surface area contributed by atoms with Gasteiger partial charge in [0.2, 0.25) is 0 Å². The maximum absolute atomic E-state index is 11.7. The van der Waals surface area contributed by atoms with Gasteiger partial charge >= 0.3 is 0 Å². The Bertz CT molecular complexity index is 391. The zero-order valence-electron chi connectivity index (χ0n) is 10.1. The summed E-state index contributed by atoms with van der Waals surface area (Å²) in [6.07, 6.45) is 0.132. The minimum absolute atomic E-state index is 0.132. The number of aromatic hydroxyl groups is 1. The molecule has 0 saturated carbocycles. The molecule has 0 aliphatic rings. The minimum atomic E-state index is -0.359. The van der Waals surface area contributed by atoms with Crippen LogP contribution in [0.25, 0.3) is 0 Å². The van der Waals surface area contributed by atoms with Crippen LogP contribution in [0, 0.1) is 0 Å². The SMILES string of the molecule is CC(C)OCCNC(=O)c1cccc(N)c1O. The Morgan fingerprint density at radius 2 is 2.24 bits per heavy atom. The van der Waals surface area contributed by atoms with Gasteiger partial charge in [-0.25, -0.2) is 0 Å². The number of phenols is 1. The van der Waals surface area contributed by atoms with E-state index in [0.29, 0.717) is 13.2 Å². The smallest absolute Gasteiger partial charge is 0.255 e. The number of hydrogen-bond donors (Lipinski definition) is 3. The van der Waals surface area contributed by atoms with Gasteiger partial charge in [0.05, 0.1) is 24.0 Å². The molecule has 1 aromatic rings. The van der Waals surface area contributed by atoms with E-state index in [1.54, 1.807) is 6.07 Å². The summed E-state index contributed by atoms with van der Waals surface area (Å²) in [6, 6.07) is 4.67. The van der Waals surface area contributed by atoms with Gasteiger partial charge in [-0.1, -0.05) is 6.07 Å². The average Bonchev–Trinajstić information content (AvgIpc) is 2.27. The molecule has 5 heteroatoms. The van der Waals surface area contributed by atoms with Crippen LogP contribution in [0.5, 0.6) is 5.75 Å². The van der Waals surface area contributed by atoms with Crippen molar-refractivity contribution in [3.05, 3.63) is 23.8 Å². The maximum Gasteiger partial charge on any atom is 0.255 e. The third kappa shape index (κ3) is 3.96. The van der Waals surface area contributed by atoms with Gasteiger partial charge in [-0.15, -0.1) is 0 Å². The van der Waals surface area contributed by atoms with Gasteiger partial charge in [0, 0.05) is 6.54 Å². The molecule has 0 bridgehead atoms. The predicted octanol–water partition coefficient (Wildman–Crippen LogP) is 1.13. The van der Waals surface area contributed by atoms with E-state index in [2.05, 4.69) is 5.32 Å². The number of anilines is 1. The summed E-state index contributed by atoms with van der Waals surface area (Å²) in [5.41, 5.74) is 5.86. The molecule has 0 heterocycles. The van der Waals surface area contributed by atoms with Gasteiger partial charge in [0.1, 0.15) is 0 Å². The third-order valence-corrected chi connectivity index (χ3v) is 2.15. The van der Waals surface area contributed by atoms with Crippen LogP contribution in [0.1, 0.15) is 24.2 Å². The van der Waals surface area contributed by atoms with E-state index in [9.17, 15) is 9.90 Å². The fraction of sp³-hybridized carbons (Fsp3) is 0.417. The largest absolute Gasteiger partial charge is 0.505 e. The Hall–Kier alpha value is -1.75. The summed E-state index contributed by atoms with van der Waals surface area (Å²) < 4.78 is 5.28. The zero-order chi connectivity index (χ0) is 12.8. The summed E-state index contributed by atoms with van der Waals surface area (Å²) in [4.78, 5) is 11.7. The second-order valence-corrected chi connectivity index (χ2v) is 3.92. The lowest BCUT2D eigenvalue weighted by Crippen LogP contribution is -2.28. The van der Waals surface area contributed by atoms with Crippen molar-refractivity contribution >= 4 is 11.6 Å². The highest BCUT2D eigenvalue weighted by atomic mass is 16.5. The van der Waals surface area contributed by atoms with Crippen molar-refractivity contribution in [1.82, 2.24) is 5.32 Å². The Kier molecular flexibility index (Phi) is 4.78. The molecule has 0 aliphatic heterocycles. The van der Waals surface area contributed by atoms with Crippen LogP contribution in [-0.4, -0.2) is 30.3 Å².